The van der Waals surface area contributed by atoms with Crippen LogP contribution in [0.15, 0.2) is 28.7 Å². The summed E-state index contributed by atoms with van der Waals surface area (Å²) in [6, 6.07) is 7.86. The molecule has 1 amide bonds. The minimum absolute atomic E-state index is 0.0165. The van der Waals surface area contributed by atoms with Gasteiger partial charge in [-0.05, 0) is 62.8 Å². The number of carbonyl (C=O) groups excluding carboxylic acids is 1. The van der Waals surface area contributed by atoms with Crippen LogP contribution in [0.4, 0.5) is 0 Å². The van der Waals surface area contributed by atoms with Crippen molar-refractivity contribution in [1.29, 1.82) is 0 Å². The molecule has 1 aliphatic heterocycles. The Morgan fingerprint density at radius 3 is 2.48 bits per heavy atom. The number of piperidine rings is 1. The van der Waals surface area contributed by atoms with Gasteiger partial charge in [0, 0.05) is 30.1 Å². The number of rotatable bonds is 6. The first-order valence-electron chi connectivity index (χ1n) is 9.55. The van der Waals surface area contributed by atoms with Crippen LogP contribution in [0.3, 0.4) is 0 Å². The first kappa shape index (κ1) is 18.7. The molecule has 138 valence electrons. The van der Waals surface area contributed by atoms with Gasteiger partial charge in [0.15, 0.2) is 6.10 Å². The predicted octanol–water partition coefficient (Wildman–Crippen LogP) is 3.99. The van der Waals surface area contributed by atoms with E-state index in [9.17, 15) is 4.79 Å². The van der Waals surface area contributed by atoms with Crippen LogP contribution in [0.5, 0.6) is 5.75 Å². The van der Waals surface area contributed by atoms with Gasteiger partial charge >= 0.3 is 0 Å². The van der Waals surface area contributed by atoms with E-state index in [-0.39, 0.29) is 11.9 Å². The molecule has 0 radical (unpaired) electrons. The van der Waals surface area contributed by atoms with E-state index in [4.69, 9.17) is 4.74 Å². The van der Waals surface area contributed by atoms with Gasteiger partial charge in [-0.1, -0.05) is 28.8 Å². The van der Waals surface area contributed by atoms with Gasteiger partial charge in [-0.15, -0.1) is 0 Å². The predicted molar refractivity (Wildman–Crippen MR) is 104 cm³/mol. The van der Waals surface area contributed by atoms with E-state index in [2.05, 4.69) is 26.1 Å². The lowest BCUT2D eigenvalue weighted by Gasteiger charge is -2.34. The molecule has 1 saturated heterocycles. The summed E-state index contributed by atoms with van der Waals surface area (Å²) in [6.07, 6.45) is 7.24. The Morgan fingerprint density at radius 2 is 1.84 bits per heavy atom. The van der Waals surface area contributed by atoms with Crippen molar-refractivity contribution in [1.82, 2.24) is 10.2 Å². The molecule has 5 heteroatoms. The van der Waals surface area contributed by atoms with Crippen LogP contribution in [0, 0.1) is 5.92 Å². The summed E-state index contributed by atoms with van der Waals surface area (Å²) >= 11 is 3.40. The lowest BCUT2D eigenvalue weighted by Crippen LogP contribution is -2.48. The summed E-state index contributed by atoms with van der Waals surface area (Å²) < 4.78 is 6.74. The molecule has 1 saturated carbocycles. The smallest absolute Gasteiger partial charge is 0.260 e. The molecule has 3 rings (SSSR count). The normalized spacial score (nSPS) is 21.2. The number of nitrogens with one attached hydrogen (secondary N) is 1. The van der Waals surface area contributed by atoms with Crippen LogP contribution in [0.1, 0.15) is 45.4 Å². The number of halogens is 1. The van der Waals surface area contributed by atoms with E-state index in [0.29, 0.717) is 0 Å². The SMILES string of the molecule is C[C@@H](Oc1ccc(Br)cc1)C(=O)NC1CCN(CC2CCCC2)CC1. The quantitative estimate of drug-likeness (QED) is 0.773. The summed E-state index contributed by atoms with van der Waals surface area (Å²) in [5.41, 5.74) is 0. The maximum absolute atomic E-state index is 12.4. The Kier molecular flexibility index (Phi) is 6.77. The van der Waals surface area contributed by atoms with E-state index < -0.39 is 6.10 Å². The Hall–Kier alpha value is -1.07. The third-order valence-corrected chi connectivity index (χ3v) is 5.95. The minimum atomic E-state index is -0.474. The molecule has 1 N–H and O–H groups in total. The second-order valence-electron chi connectivity index (χ2n) is 7.45. The van der Waals surface area contributed by atoms with Gasteiger partial charge in [-0.3, -0.25) is 4.79 Å². The Labute approximate surface area is 159 Å². The molecule has 1 aromatic rings. The molecule has 1 aliphatic carbocycles. The highest BCUT2D eigenvalue weighted by Gasteiger charge is 2.25. The highest BCUT2D eigenvalue weighted by molar-refractivity contribution is 9.10. The van der Waals surface area contributed by atoms with Crippen LogP contribution in [-0.4, -0.2) is 42.6 Å². The van der Waals surface area contributed by atoms with Crippen LogP contribution < -0.4 is 10.1 Å². The average Bonchev–Trinajstić information content (AvgIpc) is 3.11. The van der Waals surface area contributed by atoms with E-state index in [0.717, 1.165) is 42.1 Å². The monoisotopic (exact) mass is 408 g/mol. The van der Waals surface area contributed by atoms with Crippen molar-refractivity contribution in [3.63, 3.8) is 0 Å². The van der Waals surface area contributed by atoms with E-state index in [1.165, 1.54) is 32.2 Å². The molecule has 1 atom stereocenters. The molecule has 1 aromatic carbocycles. The van der Waals surface area contributed by atoms with Crippen molar-refractivity contribution >= 4 is 21.8 Å². The summed E-state index contributed by atoms with van der Waals surface area (Å²) in [7, 11) is 0. The molecule has 0 unspecified atom stereocenters. The van der Waals surface area contributed by atoms with E-state index in [1.807, 2.05) is 31.2 Å². The highest BCUT2D eigenvalue weighted by atomic mass is 79.9. The van der Waals surface area contributed by atoms with Gasteiger partial charge in [-0.2, -0.15) is 0 Å². The number of likely N-dealkylation sites (tertiary alicyclic amines) is 1. The highest BCUT2D eigenvalue weighted by Crippen LogP contribution is 2.26. The second kappa shape index (κ2) is 9.04. The zero-order chi connectivity index (χ0) is 17.6. The first-order chi connectivity index (χ1) is 12.1. The number of amides is 1. The zero-order valence-corrected chi connectivity index (χ0v) is 16.6. The van der Waals surface area contributed by atoms with Crippen LogP contribution in [0.25, 0.3) is 0 Å². The Morgan fingerprint density at radius 1 is 1.20 bits per heavy atom. The fourth-order valence-corrected chi connectivity index (χ4v) is 4.17. The Bertz CT molecular complexity index is 549. The van der Waals surface area contributed by atoms with Crippen molar-refractivity contribution in [3.05, 3.63) is 28.7 Å². The maximum Gasteiger partial charge on any atom is 0.260 e. The van der Waals surface area contributed by atoms with Crippen molar-refractivity contribution in [2.75, 3.05) is 19.6 Å². The van der Waals surface area contributed by atoms with Crippen molar-refractivity contribution in [3.8, 4) is 5.75 Å². The molecular formula is C20H29BrN2O2. The van der Waals surface area contributed by atoms with Gasteiger partial charge in [0.05, 0.1) is 0 Å². The third kappa shape index (κ3) is 5.71. The number of carbonyl (C=O) groups is 1. The van der Waals surface area contributed by atoms with Crippen molar-refractivity contribution < 1.29 is 9.53 Å². The molecule has 1 heterocycles. The largest absolute Gasteiger partial charge is 0.481 e. The number of benzene rings is 1. The number of hydrogen-bond acceptors (Lipinski definition) is 3. The number of nitrogens with zero attached hydrogens (tertiary/aromatic N) is 1. The van der Waals surface area contributed by atoms with Gasteiger partial charge < -0.3 is 15.0 Å². The van der Waals surface area contributed by atoms with Crippen LogP contribution in [-0.2, 0) is 4.79 Å². The molecule has 25 heavy (non-hydrogen) atoms. The lowest BCUT2D eigenvalue weighted by atomic mass is 10.0. The Balaban J connectivity index is 1.38. The van der Waals surface area contributed by atoms with Crippen molar-refractivity contribution in [2.24, 2.45) is 5.92 Å². The van der Waals surface area contributed by atoms with E-state index in [1.54, 1.807) is 0 Å². The van der Waals surface area contributed by atoms with Crippen LogP contribution >= 0.6 is 15.9 Å². The summed E-state index contributed by atoms with van der Waals surface area (Å²) in [5.74, 6) is 1.61. The van der Waals surface area contributed by atoms with Gasteiger partial charge in [0.2, 0.25) is 0 Å². The topological polar surface area (TPSA) is 41.6 Å². The second-order valence-corrected chi connectivity index (χ2v) is 8.36. The number of ether oxygens (including phenoxy) is 1. The standard InChI is InChI=1S/C20H29BrN2O2/c1-15(25-19-8-6-17(21)7-9-19)20(24)22-18-10-12-23(13-11-18)14-16-4-2-3-5-16/h6-9,15-16,18H,2-5,10-14H2,1H3,(H,22,24)/t15-/m1/s1. The molecule has 2 fully saturated rings. The molecule has 2 aliphatic rings. The van der Waals surface area contributed by atoms with Gasteiger partial charge in [-0.25, -0.2) is 0 Å². The first-order valence-corrected chi connectivity index (χ1v) is 10.3. The maximum atomic E-state index is 12.4. The molecule has 0 aromatic heterocycles. The average molecular weight is 409 g/mol. The van der Waals surface area contributed by atoms with Gasteiger partial charge in [0.25, 0.3) is 5.91 Å². The molecule has 0 bridgehead atoms. The summed E-state index contributed by atoms with van der Waals surface area (Å²) in [4.78, 5) is 15.0. The fraction of sp³-hybridized carbons (Fsp3) is 0.650. The lowest BCUT2D eigenvalue weighted by molar-refractivity contribution is -0.128. The fourth-order valence-electron chi connectivity index (χ4n) is 3.91. The van der Waals surface area contributed by atoms with Crippen molar-refractivity contribution in [2.45, 2.75) is 57.6 Å². The van der Waals surface area contributed by atoms with Crippen LogP contribution in [0.2, 0.25) is 0 Å². The number of hydrogen-bond donors (Lipinski definition) is 1. The minimum Gasteiger partial charge on any atom is -0.481 e. The molecule has 0 spiro atoms. The zero-order valence-electron chi connectivity index (χ0n) is 15.0. The summed E-state index contributed by atoms with van der Waals surface area (Å²) in [6.45, 7) is 5.27. The van der Waals surface area contributed by atoms with E-state index >= 15 is 0 Å². The summed E-state index contributed by atoms with van der Waals surface area (Å²) in [5, 5.41) is 3.16. The third-order valence-electron chi connectivity index (χ3n) is 5.42. The molecular weight excluding hydrogens is 380 g/mol. The van der Waals surface area contributed by atoms with Gasteiger partial charge in [0.1, 0.15) is 5.75 Å². The molecule has 4 nitrogen and oxygen atoms in total.